The predicted octanol–water partition coefficient (Wildman–Crippen LogP) is 2.59. The molecule has 0 radical (unpaired) electrons. The number of benzene rings is 1. The van der Waals surface area contributed by atoms with E-state index < -0.39 is 0 Å². The molecule has 1 unspecified atom stereocenters. The molecule has 1 amide bonds. The van der Waals surface area contributed by atoms with Crippen LogP contribution in [-0.2, 0) is 16.0 Å². The van der Waals surface area contributed by atoms with E-state index in [1.165, 1.54) is 11.1 Å². The van der Waals surface area contributed by atoms with Crippen LogP contribution in [0.1, 0.15) is 29.2 Å². The van der Waals surface area contributed by atoms with Crippen LogP contribution in [-0.4, -0.2) is 67.9 Å². The van der Waals surface area contributed by atoms with Crippen molar-refractivity contribution >= 4 is 17.7 Å². The molecule has 1 fully saturated rings. The number of methoxy groups -OCH3 is 1. The molecule has 1 atom stereocenters. The van der Waals surface area contributed by atoms with E-state index in [0.717, 1.165) is 64.3 Å². The minimum atomic E-state index is -0.00464. The summed E-state index contributed by atoms with van der Waals surface area (Å²) in [6.07, 6.45) is 3.21. The zero-order chi connectivity index (χ0) is 16.8. The quantitative estimate of drug-likeness (QED) is 0.766. The van der Waals surface area contributed by atoms with Crippen molar-refractivity contribution in [2.24, 2.45) is 0 Å². The summed E-state index contributed by atoms with van der Waals surface area (Å²) in [6, 6.07) is 8.46. The lowest BCUT2D eigenvalue weighted by Crippen LogP contribution is -2.38. The van der Waals surface area contributed by atoms with Crippen molar-refractivity contribution in [2.45, 2.75) is 24.5 Å². The first-order valence-electron chi connectivity index (χ1n) is 8.99. The van der Waals surface area contributed by atoms with Crippen LogP contribution in [0.3, 0.4) is 0 Å². The number of carbonyl (C=O) groups is 1. The van der Waals surface area contributed by atoms with Gasteiger partial charge >= 0.3 is 0 Å². The van der Waals surface area contributed by atoms with Crippen molar-refractivity contribution in [3.8, 4) is 0 Å². The highest BCUT2D eigenvalue weighted by Gasteiger charge is 2.31. The van der Waals surface area contributed by atoms with E-state index >= 15 is 0 Å². The summed E-state index contributed by atoms with van der Waals surface area (Å²) in [5.41, 5.74) is 2.59. The Balaban J connectivity index is 1.60. The van der Waals surface area contributed by atoms with E-state index in [9.17, 15) is 4.79 Å². The second kappa shape index (κ2) is 8.88. The molecule has 2 heterocycles. The Morgan fingerprint density at radius 1 is 1.25 bits per heavy atom. The summed E-state index contributed by atoms with van der Waals surface area (Å²) in [6.45, 7) is 5.69. The van der Waals surface area contributed by atoms with Gasteiger partial charge in [0, 0.05) is 39.9 Å². The number of carbonyl (C=O) groups excluding carboxylic acids is 1. The number of aryl methyl sites for hydroxylation is 1. The van der Waals surface area contributed by atoms with Crippen molar-refractivity contribution in [1.82, 2.24) is 9.80 Å². The van der Waals surface area contributed by atoms with Gasteiger partial charge < -0.3 is 14.5 Å². The van der Waals surface area contributed by atoms with Gasteiger partial charge in [0.25, 0.3) is 0 Å². The molecule has 0 N–H and O–H groups in total. The van der Waals surface area contributed by atoms with Crippen LogP contribution in [0.15, 0.2) is 24.3 Å². The second-order valence-electron chi connectivity index (χ2n) is 6.57. The predicted molar refractivity (Wildman–Crippen MR) is 99.5 cm³/mol. The van der Waals surface area contributed by atoms with E-state index in [1.807, 2.05) is 11.8 Å². The van der Waals surface area contributed by atoms with E-state index in [4.69, 9.17) is 4.74 Å². The lowest BCUT2D eigenvalue weighted by atomic mass is 10.0. The maximum Gasteiger partial charge on any atom is 0.240 e. The summed E-state index contributed by atoms with van der Waals surface area (Å²) in [4.78, 5) is 17.7. The highest BCUT2D eigenvalue weighted by atomic mass is 32.2. The first-order valence-corrected chi connectivity index (χ1v) is 10.0. The molecule has 1 saturated heterocycles. The topological polar surface area (TPSA) is 32.8 Å². The van der Waals surface area contributed by atoms with Crippen LogP contribution >= 0.6 is 11.8 Å². The highest BCUT2D eigenvalue weighted by Crippen LogP contribution is 2.38. The minimum absolute atomic E-state index is 0.00464. The summed E-state index contributed by atoms with van der Waals surface area (Å²) >= 11 is 1.81. The average molecular weight is 349 g/mol. The molecule has 132 valence electrons. The molecule has 3 rings (SSSR count). The van der Waals surface area contributed by atoms with Crippen molar-refractivity contribution in [3.05, 3.63) is 35.4 Å². The first kappa shape index (κ1) is 17.8. The third-order valence-electron chi connectivity index (χ3n) is 4.94. The molecule has 5 heteroatoms. The van der Waals surface area contributed by atoms with Crippen molar-refractivity contribution in [3.63, 3.8) is 0 Å². The molecule has 0 saturated carbocycles. The Hall–Kier alpha value is -1.04. The number of ether oxygens (including phenoxy) is 1. The number of hydrogen-bond acceptors (Lipinski definition) is 4. The molecular weight excluding hydrogens is 320 g/mol. The average Bonchev–Trinajstić information content (AvgIpc) is 2.87. The molecule has 24 heavy (non-hydrogen) atoms. The summed E-state index contributed by atoms with van der Waals surface area (Å²) in [5, 5.41) is -0.00464. The van der Waals surface area contributed by atoms with Crippen LogP contribution in [0.2, 0.25) is 0 Å². The fourth-order valence-electron chi connectivity index (χ4n) is 3.61. The van der Waals surface area contributed by atoms with E-state index in [2.05, 4.69) is 34.1 Å². The molecule has 0 aromatic heterocycles. The smallest absolute Gasteiger partial charge is 0.240 e. The minimum Gasteiger partial charge on any atom is -0.385 e. The van der Waals surface area contributed by atoms with Gasteiger partial charge in [0.1, 0.15) is 5.25 Å². The monoisotopic (exact) mass is 348 g/mol. The molecule has 2 aliphatic rings. The zero-order valence-electron chi connectivity index (χ0n) is 14.6. The standard InChI is InChI=1S/C19H28N2O2S/c1-23-14-5-10-20-9-4-11-21(13-12-20)19(22)18-17-7-3-2-6-16(17)8-15-24-18/h2-3,6-7,18H,4-5,8-15H2,1H3. The maximum absolute atomic E-state index is 13.1. The molecule has 2 aliphatic heterocycles. The van der Waals surface area contributed by atoms with Gasteiger partial charge in [-0.2, -0.15) is 0 Å². The fourth-order valence-corrected chi connectivity index (χ4v) is 4.89. The van der Waals surface area contributed by atoms with Gasteiger partial charge in [0.15, 0.2) is 0 Å². The highest BCUT2D eigenvalue weighted by molar-refractivity contribution is 8.00. The Morgan fingerprint density at radius 3 is 3.00 bits per heavy atom. The van der Waals surface area contributed by atoms with Crippen LogP contribution in [0.25, 0.3) is 0 Å². The number of rotatable bonds is 5. The van der Waals surface area contributed by atoms with Crippen LogP contribution in [0, 0.1) is 0 Å². The lowest BCUT2D eigenvalue weighted by Gasteiger charge is -2.30. The number of fused-ring (bicyclic) bond motifs is 1. The zero-order valence-corrected chi connectivity index (χ0v) is 15.4. The third kappa shape index (κ3) is 4.32. The Morgan fingerprint density at radius 2 is 2.12 bits per heavy atom. The summed E-state index contributed by atoms with van der Waals surface area (Å²) in [5.74, 6) is 1.36. The summed E-state index contributed by atoms with van der Waals surface area (Å²) in [7, 11) is 1.75. The molecule has 0 spiro atoms. The molecule has 0 aliphatic carbocycles. The van der Waals surface area contributed by atoms with Gasteiger partial charge in [-0.3, -0.25) is 4.79 Å². The van der Waals surface area contributed by atoms with Gasteiger partial charge in [-0.05, 0) is 42.7 Å². The van der Waals surface area contributed by atoms with Gasteiger partial charge in [-0.15, -0.1) is 11.8 Å². The van der Waals surface area contributed by atoms with Gasteiger partial charge in [0.2, 0.25) is 5.91 Å². The first-order chi connectivity index (χ1) is 11.8. The van der Waals surface area contributed by atoms with Gasteiger partial charge in [-0.25, -0.2) is 0 Å². The van der Waals surface area contributed by atoms with Crippen molar-refractivity contribution in [1.29, 1.82) is 0 Å². The number of amides is 1. The SMILES string of the molecule is COCCCN1CCCN(C(=O)C2SCCc3ccccc32)CC1. The molecular formula is C19H28N2O2S. The number of nitrogens with zero attached hydrogens (tertiary/aromatic N) is 2. The van der Waals surface area contributed by atoms with Gasteiger partial charge in [0.05, 0.1) is 0 Å². The molecule has 0 bridgehead atoms. The number of thioether (sulfide) groups is 1. The normalized spacial score (nSPS) is 22.0. The fraction of sp³-hybridized carbons (Fsp3) is 0.632. The largest absolute Gasteiger partial charge is 0.385 e. The van der Waals surface area contributed by atoms with Gasteiger partial charge in [-0.1, -0.05) is 24.3 Å². The van der Waals surface area contributed by atoms with Crippen LogP contribution in [0.5, 0.6) is 0 Å². The van der Waals surface area contributed by atoms with Crippen LogP contribution in [0.4, 0.5) is 0 Å². The van der Waals surface area contributed by atoms with Crippen LogP contribution < -0.4 is 0 Å². The second-order valence-corrected chi connectivity index (χ2v) is 7.78. The molecule has 1 aromatic carbocycles. The third-order valence-corrected chi connectivity index (χ3v) is 6.17. The molecule has 4 nitrogen and oxygen atoms in total. The summed E-state index contributed by atoms with van der Waals surface area (Å²) < 4.78 is 5.14. The van der Waals surface area contributed by atoms with Crippen molar-refractivity contribution < 1.29 is 9.53 Å². The number of hydrogen-bond donors (Lipinski definition) is 0. The van der Waals surface area contributed by atoms with E-state index in [1.54, 1.807) is 7.11 Å². The van der Waals surface area contributed by atoms with Crippen molar-refractivity contribution in [2.75, 3.05) is 52.2 Å². The lowest BCUT2D eigenvalue weighted by molar-refractivity contribution is -0.130. The maximum atomic E-state index is 13.1. The van der Waals surface area contributed by atoms with E-state index in [0.29, 0.717) is 5.91 Å². The molecule has 1 aromatic rings. The van der Waals surface area contributed by atoms with E-state index in [-0.39, 0.29) is 5.25 Å². The Bertz CT molecular complexity index is 552. The Labute approximate surface area is 149 Å². The Kier molecular flexibility index (Phi) is 6.58.